The Morgan fingerprint density at radius 1 is 1.28 bits per heavy atom. The van der Waals surface area contributed by atoms with Gasteiger partial charge in [-0.1, -0.05) is 6.07 Å². The zero-order valence-electron chi connectivity index (χ0n) is 14.1. The highest BCUT2D eigenvalue weighted by molar-refractivity contribution is 5.80. The Labute approximate surface area is 143 Å². The lowest BCUT2D eigenvalue weighted by Crippen LogP contribution is -2.38. The minimum atomic E-state index is -3.03. The highest BCUT2D eigenvalue weighted by atomic mass is 19.3. The molecule has 0 radical (unpaired) electrons. The predicted molar refractivity (Wildman–Crippen MR) is 88.2 cm³/mol. The molecule has 8 heteroatoms. The molecular formula is C17H20F3N3O2. The quantitative estimate of drug-likeness (QED) is 0.612. The first-order valence-corrected chi connectivity index (χ1v) is 7.66. The molecule has 0 aliphatic heterocycles. The van der Waals surface area contributed by atoms with Crippen molar-refractivity contribution in [2.24, 2.45) is 4.99 Å². The van der Waals surface area contributed by atoms with Crippen molar-refractivity contribution >= 4 is 5.96 Å². The topological polar surface area (TPSA) is 58.8 Å². The van der Waals surface area contributed by atoms with Crippen LogP contribution in [0.2, 0.25) is 0 Å². The molecule has 1 aromatic carbocycles. The van der Waals surface area contributed by atoms with Crippen molar-refractivity contribution in [3.05, 3.63) is 53.2 Å². The number of alkyl halides is 2. The van der Waals surface area contributed by atoms with E-state index < -0.39 is 12.4 Å². The van der Waals surface area contributed by atoms with Gasteiger partial charge < -0.3 is 19.8 Å². The Balaban J connectivity index is 2.04. The molecule has 25 heavy (non-hydrogen) atoms. The van der Waals surface area contributed by atoms with E-state index in [9.17, 15) is 13.2 Å². The lowest BCUT2D eigenvalue weighted by atomic mass is 10.2. The van der Waals surface area contributed by atoms with Crippen molar-refractivity contribution < 1.29 is 22.3 Å². The van der Waals surface area contributed by atoms with Gasteiger partial charge in [0.15, 0.2) is 5.96 Å². The predicted octanol–water partition coefficient (Wildman–Crippen LogP) is 3.75. The van der Waals surface area contributed by atoms with Crippen molar-refractivity contribution in [1.29, 1.82) is 0 Å². The number of benzene rings is 1. The summed E-state index contributed by atoms with van der Waals surface area (Å²) < 4.78 is 48.7. The van der Waals surface area contributed by atoms with Gasteiger partial charge in [-0.05, 0) is 38.1 Å². The fourth-order valence-corrected chi connectivity index (χ4v) is 2.25. The smallest absolute Gasteiger partial charge is 0.387 e. The number of aryl methyl sites for hydroxylation is 1. The van der Waals surface area contributed by atoms with Crippen LogP contribution >= 0.6 is 0 Å². The number of nitrogens with zero attached hydrogens (tertiary/aromatic N) is 1. The maximum Gasteiger partial charge on any atom is 0.387 e. The molecule has 0 aliphatic carbocycles. The van der Waals surface area contributed by atoms with Gasteiger partial charge in [0.2, 0.25) is 0 Å². The number of ether oxygens (including phenoxy) is 1. The van der Waals surface area contributed by atoms with E-state index in [1.165, 1.54) is 18.2 Å². The van der Waals surface area contributed by atoms with Crippen molar-refractivity contribution in [3.63, 3.8) is 0 Å². The van der Waals surface area contributed by atoms with E-state index in [0.717, 1.165) is 5.76 Å². The molecule has 0 fully saturated rings. The second kappa shape index (κ2) is 8.46. The lowest BCUT2D eigenvalue weighted by molar-refractivity contribution is -0.0506. The normalized spacial score (nSPS) is 13.0. The molecule has 2 aromatic rings. The molecule has 5 nitrogen and oxygen atoms in total. The average molecular weight is 355 g/mol. The number of guanidine groups is 1. The van der Waals surface area contributed by atoms with E-state index in [1.807, 2.05) is 26.0 Å². The molecule has 0 amide bonds. The third-order valence-corrected chi connectivity index (χ3v) is 3.49. The fraction of sp³-hybridized carbons (Fsp3) is 0.353. The first-order chi connectivity index (χ1) is 11.9. The van der Waals surface area contributed by atoms with Crippen LogP contribution < -0.4 is 15.4 Å². The molecule has 0 saturated heterocycles. The Hall–Kier alpha value is -2.64. The zero-order chi connectivity index (χ0) is 18.4. The molecular weight excluding hydrogens is 335 g/mol. The summed E-state index contributed by atoms with van der Waals surface area (Å²) in [5.74, 6) is 1.01. The van der Waals surface area contributed by atoms with E-state index in [4.69, 9.17) is 4.42 Å². The largest absolute Gasteiger partial charge is 0.464 e. The van der Waals surface area contributed by atoms with Crippen molar-refractivity contribution in [2.45, 2.75) is 33.0 Å². The van der Waals surface area contributed by atoms with Gasteiger partial charge in [0.05, 0.1) is 6.04 Å². The number of furan rings is 1. The summed E-state index contributed by atoms with van der Waals surface area (Å²) in [7, 11) is 1.55. The number of hydrogen-bond donors (Lipinski definition) is 2. The molecule has 1 aromatic heterocycles. The van der Waals surface area contributed by atoms with Crippen LogP contribution in [0.5, 0.6) is 5.75 Å². The summed E-state index contributed by atoms with van der Waals surface area (Å²) in [5.41, 5.74) is -0.00718. The molecule has 0 spiro atoms. The standard InChI is InChI=1S/C17H20F3N3O2/c1-10-7-8-14(24-10)11(2)23-17(21-3)22-9-12-13(18)5-4-6-15(12)25-16(19)20/h4-8,11,16H,9H2,1-3H3,(H2,21,22,23). The van der Waals surface area contributed by atoms with Gasteiger partial charge in [-0.2, -0.15) is 8.78 Å². The molecule has 0 bridgehead atoms. The summed E-state index contributed by atoms with van der Waals surface area (Å²) in [6.45, 7) is 0.615. The number of aliphatic imine (C=N–C) groups is 1. The SMILES string of the molecule is CN=C(NCc1c(F)cccc1OC(F)F)NC(C)c1ccc(C)o1. The molecule has 2 N–H and O–H groups in total. The maximum absolute atomic E-state index is 13.9. The molecule has 1 atom stereocenters. The van der Waals surface area contributed by atoms with Gasteiger partial charge in [-0.15, -0.1) is 0 Å². The van der Waals surface area contributed by atoms with E-state index in [2.05, 4.69) is 20.4 Å². The fourth-order valence-electron chi connectivity index (χ4n) is 2.25. The van der Waals surface area contributed by atoms with Crippen LogP contribution in [0.3, 0.4) is 0 Å². The van der Waals surface area contributed by atoms with Gasteiger partial charge in [0.1, 0.15) is 23.1 Å². The van der Waals surface area contributed by atoms with Crippen LogP contribution in [0, 0.1) is 12.7 Å². The summed E-state index contributed by atoms with van der Waals surface area (Å²) in [6, 6.07) is 7.28. The second-order valence-electron chi connectivity index (χ2n) is 5.34. The Morgan fingerprint density at radius 3 is 2.64 bits per heavy atom. The molecule has 1 unspecified atom stereocenters. The van der Waals surface area contributed by atoms with E-state index in [1.54, 1.807) is 7.05 Å². The summed E-state index contributed by atoms with van der Waals surface area (Å²) in [4.78, 5) is 4.04. The Kier molecular flexibility index (Phi) is 6.32. The Morgan fingerprint density at radius 2 is 2.04 bits per heavy atom. The summed E-state index contributed by atoms with van der Waals surface area (Å²) in [5, 5.41) is 5.96. The molecule has 1 heterocycles. The van der Waals surface area contributed by atoms with Crippen molar-refractivity contribution in [2.75, 3.05) is 7.05 Å². The first kappa shape index (κ1) is 18.7. The number of halogens is 3. The van der Waals surface area contributed by atoms with Crippen molar-refractivity contribution in [3.8, 4) is 5.75 Å². The van der Waals surface area contributed by atoms with Gasteiger partial charge in [0.25, 0.3) is 0 Å². The molecule has 0 saturated carbocycles. The van der Waals surface area contributed by atoms with Crippen molar-refractivity contribution in [1.82, 2.24) is 10.6 Å². The van der Waals surface area contributed by atoms with Crippen LogP contribution in [-0.2, 0) is 6.54 Å². The van der Waals surface area contributed by atoms with Gasteiger partial charge in [0, 0.05) is 19.2 Å². The summed E-state index contributed by atoms with van der Waals surface area (Å²) >= 11 is 0. The minimum Gasteiger partial charge on any atom is -0.464 e. The van der Waals surface area contributed by atoms with Crippen LogP contribution in [0.4, 0.5) is 13.2 Å². The number of rotatable bonds is 6. The molecule has 136 valence electrons. The van der Waals surface area contributed by atoms with Crippen LogP contribution in [0.15, 0.2) is 39.7 Å². The second-order valence-corrected chi connectivity index (χ2v) is 5.34. The van der Waals surface area contributed by atoms with Gasteiger partial charge in [-0.3, -0.25) is 4.99 Å². The zero-order valence-corrected chi connectivity index (χ0v) is 14.1. The Bertz CT molecular complexity index is 732. The third-order valence-electron chi connectivity index (χ3n) is 3.49. The highest BCUT2D eigenvalue weighted by Crippen LogP contribution is 2.23. The number of nitrogens with one attached hydrogen (secondary N) is 2. The van der Waals surface area contributed by atoms with Gasteiger partial charge in [-0.25, -0.2) is 4.39 Å². The minimum absolute atomic E-state index is 0.00718. The van der Waals surface area contributed by atoms with Crippen LogP contribution in [0.1, 0.15) is 30.0 Å². The monoisotopic (exact) mass is 355 g/mol. The van der Waals surface area contributed by atoms with Crippen LogP contribution in [-0.4, -0.2) is 19.6 Å². The number of hydrogen-bond acceptors (Lipinski definition) is 3. The average Bonchev–Trinajstić information content (AvgIpc) is 2.99. The van der Waals surface area contributed by atoms with E-state index in [0.29, 0.717) is 11.7 Å². The van der Waals surface area contributed by atoms with Crippen LogP contribution in [0.25, 0.3) is 0 Å². The van der Waals surface area contributed by atoms with E-state index in [-0.39, 0.29) is 23.9 Å². The lowest BCUT2D eigenvalue weighted by Gasteiger charge is -2.18. The third kappa shape index (κ3) is 5.17. The van der Waals surface area contributed by atoms with Gasteiger partial charge >= 0.3 is 6.61 Å². The maximum atomic E-state index is 13.9. The van der Waals surface area contributed by atoms with E-state index >= 15 is 0 Å². The molecule has 2 rings (SSSR count). The highest BCUT2D eigenvalue weighted by Gasteiger charge is 2.15. The summed E-state index contributed by atoms with van der Waals surface area (Å²) in [6.07, 6.45) is 0. The molecule has 0 aliphatic rings. The first-order valence-electron chi connectivity index (χ1n) is 7.66.